The SMILES string of the molecule is C[N+](C)(Cc1nc2sc3c(c2c(=O)[nH]1)CCCC3)C1CCCC1. The molecule has 0 unspecified atom stereocenters. The first-order valence-corrected chi connectivity index (χ1v) is 9.72. The lowest BCUT2D eigenvalue weighted by molar-refractivity contribution is -0.927. The van der Waals surface area contributed by atoms with Gasteiger partial charge in [0.05, 0.1) is 25.5 Å². The van der Waals surface area contributed by atoms with Crippen LogP contribution in [0.2, 0.25) is 0 Å². The van der Waals surface area contributed by atoms with Gasteiger partial charge in [-0.15, -0.1) is 11.3 Å². The number of H-pyrrole nitrogens is 1. The maximum Gasteiger partial charge on any atom is 0.260 e. The predicted octanol–water partition coefficient (Wildman–Crippen LogP) is 3.38. The Morgan fingerprint density at radius 2 is 1.91 bits per heavy atom. The fourth-order valence-electron chi connectivity index (χ4n) is 4.40. The van der Waals surface area contributed by atoms with E-state index in [1.807, 2.05) is 0 Å². The zero-order valence-electron chi connectivity index (χ0n) is 14.2. The van der Waals surface area contributed by atoms with Crippen molar-refractivity contribution in [1.29, 1.82) is 0 Å². The van der Waals surface area contributed by atoms with Gasteiger partial charge < -0.3 is 9.47 Å². The number of aromatic amines is 1. The number of quaternary nitrogens is 1. The molecule has 0 amide bonds. The van der Waals surface area contributed by atoms with Crippen LogP contribution in [0, 0.1) is 0 Å². The summed E-state index contributed by atoms with van der Waals surface area (Å²) >= 11 is 1.75. The van der Waals surface area contributed by atoms with Gasteiger partial charge in [-0.3, -0.25) is 4.79 Å². The van der Waals surface area contributed by atoms with Crippen LogP contribution in [0.4, 0.5) is 0 Å². The van der Waals surface area contributed by atoms with Gasteiger partial charge in [-0.1, -0.05) is 0 Å². The van der Waals surface area contributed by atoms with Gasteiger partial charge in [-0.05, 0) is 56.9 Å². The fraction of sp³-hybridized carbons (Fsp3) is 0.667. The van der Waals surface area contributed by atoms with Crippen molar-refractivity contribution in [2.45, 2.75) is 64.0 Å². The number of hydrogen-bond acceptors (Lipinski definition) is 3. The van der Waals surface area contributed by atoms with Crippen LogP contribution in [0.3, 0.4) is 0 Å². The Morgan fingerprint density at radius 1 is 1.17 bits per heavy atom. The summed E-state index contributed by atoms with van der Waals surface area (Å²) in [6.07, 6.45) is 9.89. The fourth-order valence-corrected chi connectivity index (χ4v) is 5.68. The monoisotopic (exact) mass is 332 g/mol. The first-order valence-electron chi connectivity index (χ1n) is 8.91. The third kappa shape index (κ3) is 2.74. The number of hydrogen-bond donors (Lipinski definition) is 1. The molecule has 0 saturated heterocycles. The lowest BCUT2D eigenvalue weighted by atomic mass is 9.97. The van der Waals surface area contributed by atoms with Crippen LogP contribution in [-0.4, -0.2) is 34.6 Å². The second-order valence-corrected chi connectivity index (χ2v) is 8.86. The first kappa shape index (κ1) is 15.3. The minimum atomic E-state index is 0.0795. The van der Waals surface area contributed by atoms with Crippen molar-refractivity contribution in [3.05, 3.63) is 26.6 Å². The summed E-state index contributed by atoms with van der Waals surface area (Å²) in [5.41, 5.74) is 1.36. The molecule has 124 valence electrons. The van der Waals surface area contributed by atoms with Crippen molar-refractivity contribution in [3.8, 4) is 0 Å². The maximum absolute atomic E-state index is 12.6. The van der Waals surface area contributed by atoms with Gasteiger partial charge in [0.1, 0.15) is 11.4 Å². The molecule has 1 saturated carbocycles. The van der Waals surface area contributed by atoms with E-state index in [-0.39, 0.29) is 5.56 Å². The average molecular weight is 332 g/mol. The van der Waals surface area contributed by atoms with E-state index < -0.39 is 0 Å². The summed E-state index contributed by atoms with van der Waals surface area (Å²) in [6, 6.07) is 0.701. The van der Waals surface area contributed by atoms with Crippen molar-refractivity contribution in [3.63, 3.8) is 0 Å². The molecule has 2 heterocycles. The summed E-state index contributed by atoms with van der Waals surface area (Å²) in [5, 5.41) is 0.875. The lowest BCUT2D eigenvalue weighted by Gasteiger charge is -2.35. The molecule has 0 bridgehead atoms. The molecule has 5 heteroatoms. The van der Waals surface area contributed by atoms with Crippen molar-refractivity contribution in [1.82, 2.24) is 9.97 Å². The average Bonchev–Trinajstić information content (AvgIpc) is 3.14. The van der Waals surface area contributed by atoms with Crippen LogP contribution in [-0.2, 0) is 19.4 Å². The van der Waals surface area contributed by atoms with Crippen LogP contribution < -0.4 is 5.56 Å². The molecule has 0 aliphatic heterocycles. The molecular formula is C18H26N3OS+. The molecule has 2 aromatic rings. The van der Waals surface area contributed by atoms with Crippen LogP contribution in [0.15, 0.2) is 4.79 Å². The smallest absolute Gasteiger partial charge is 0.260 e. The van der Waals surface area contributed by atoms with Crippen molar-refractivity contribution in [2.24, 2.45) is 0 Å². The first-order chi connectivity index (χ1) is 11.0. The van der Waals surface area contributed by atoms with Gasteiger partial charge >= 0.3 is 0 Å². The maximum atomic E-state index is 12.6. The molecular weight excluding hydrogens is 306 g/mol. The van der Waals surface area contributed by atoms with E-state index in [0.717, 1.165) is 39.9 Å². The number of nitrogens with zero attached hydrogens (tertiary/aromatic N) is 2. The van der Waals surface area contributed by atoms with Crippen LogP contribution in [0.5, 0.6) is 0 Å². The summed E-state index contributed by atoms with van der Waals surface area (Å²) < 4.78 is 0.930. The molecule has 0 spiro atoms. The molecule has 0 atom stereocenters. The zero-order valence-corrected chi connectivity index (χ0v) is 15.0. The summed E-state index contributed by atoms with van der Waals surface area (Å²) in [4.78, 5) is 22.9. The molecule has 1 N–H and O–H groups in total. The Balaban J connectivity index is 1.70. The Labute approximate surface area is 141 Å². The largest absolute Gasteiger partial charge is 0.320 e. The van der Waals surface area contributed by atoms with Crippen LogP contribution in [0.25, 0.3) is 10.2 Å². The molecule has 4 rings (SSSR count). The van der Waals surface area contributed by atoms with Crippen molar-refractivity contribution in [2.75, 3.05) is 14.1 Å². The molecule has 2 aliphatic carbocycles. The molecule has 23 heavy (non-hydrogen) atoms. The molecule has 0 aromatic carbocycles. The molecule has 0 radical (unpaired) electrons. The van der Waals surface area contributed by atoms with Gasteiger partial charge in [-0.25, -0.2) is 4.98 Å². The normalized spacial score (nSPS) is 19.4. The van der Waals surface area contributed by atoms with Crippen molar-refractivity contribution < 1.29 is 4.48 Å². The van der Waals surface area contributed by atoms with E-state index in [1.54, 1.807) is 11.3 Å². The Morgan fingerprint density at radius 3 is 2.70 bits per heavy atom. The Kier molecular flexibility index (Phi) is 3.81. The number of aromatic nitrogens is 2. The van der Waals surface area contributed by atoms with E-state index >= 15 is 0 Å². The molecule has 2 aliphatic rings. The second-order valence-electron chi connectivity index (χ2n) is 7.78. The Bertz CT molecular complexity index is 783. The highest BCUT2D eigenvalue weighted by Crippen LogP contribution is 2.34. The van der Waals surface area contributed by atoms with Gasteiger partial charge in [-0.2, -0.15) is 0 Å². The highest BCUT2D eigenvalue weighted by atomic mass is 32.1. The van der Waals surface area contributed by atoms with Crippen molar-refractivity contribution >= 4 is 21.6 Å². The van der Waals surface area contributed by atoms with Gasteiger partial charge in [0.15, 0.2) is 5.82 Å². The van der Waals surface area contributed by atoms with E-state index in [0.29, 0.717) is 6.04 Å². The summed E-state index contributed by atoms with van der Waals surface area (Å²) in [7, 11) is 4.55. The predicted molar refractivity (Wildman–Crippen MR) is 95.0 cm³/mol. The van der Waals surface area contributed by atoms with E-state index in [9.17, 15) is 4.79 Å². The number of aryl methyl sites for hydroxylation is 2. The number of nitrogens with one attached hydrogen (secondary N) is 1. The highest BCUT2D eigenvalue weighted by Gasteiger charge is 2.32. The second kappa shape index (κ2) is 5.71. The third-order valence-corrected chi connectivity index (χ3v) is 6.93. The minimum absolute atomic E-state index is 0.0795. The number of thiophene rings is 1. The molecule has 1 fully saturated rings. The van der Waals surface area contributed by atoms with Gasteiger partial charge in [0.25, 0.3) is 5.56 Å². The summed E-state index contributed by atoms with van der Waals surface area (Å²) in [5.74, 6) is 0.859. The summed E-state index contributed by atoms with van der Waals surface area (Å²) in [6.45, 7) is 0.818. The van der Waals surface area contributed by atoms with Gasteiger partial charge in [0, 0.05) is 4.88 Å². The quantitative estimate of drug-likeness (QED) is 0.876. The van der Waals surface area contributed by atoms with E-state index in [2.05, 4.69) is 19.1 Å². The minimum Gasteiger partial charge on any atom is -0.320 e. The highest BCUT2D eigenvalue weighted by molar-refractivity contribution is 7.18. The molecule has 4 nitrogen and oxygen atoms in total. The topological polar surface area (TPSA) is 45.8 Å². The van der Waals surface area contributed by atoms with Crippen LogP contribution in [0.1, 0.15) is 54.8 Å². The zero-order chi connectivity index (χ0) is 16.0. The Hall–Kier alpha value is -1.20. The van der Waals surface area contributed by atoms with E-state index in [1.165, 1.54) is 49.0 Å². The number of rotatable bonds is 3. The van der Waals surface area contributed by atoms with Crippen LogP contribution >= 0.6 is 11.3 Å². The lowest BCUT2D eigenvalue weighted by Crippen LogP contribution is -2.47. The van der Waals surface area contributed by atoms with E-state index in [4.69, 9.17) is 4.98 Å². The van der Waals surface area contributed by atoms with Gasteiger partial charge in [0.2, 0.25) is 0 Å². The third-order valence-electron chi connectivity index (χ3n) is 5.74. The standard InChI is InChI=1S/C18H25N3OS/c1-21(2,12-7-3-4-8-12)11-15-19-17(22)16-13-9-5-6-10-14(13)23-18(16)20-15/h12H,3-11H2,1-2H3/p+1. The molecule has 2 aromatic heterocycles. The number of fused-ring (bicyclic) bond motifs is 3.